The van der Waals surface area contributed by atoms with Crippen LogP contribution in [0.1, 0.15) is 6.92 Å². The highest BCUT2D eigenvalue weighted by atomic mass is 16.7. The fourth-order valence-corrected chi connectivity index (χ4v) is 1.51. The quantitative estimate of drug-likeness (QED) is 0.518. The van der Waals surface area contributed by atoms with Gasteiger partial charge in [0.2, 0.25) is 0 Å². The standard InChI is InChI=1S/C13H21N3O4/c1-4-20-11(17)8-15-10-6-5-7-14-13(10)16-9-12(18-2)19-3/h5-7,12,15H,4,8-9H2,1-3H3,(H,14,16). The maximum Gasteiger partial charge on any atom is 0.325 e. The number of pyridine rings is 1. The summed E-state index contributed by atoms with van der Waals surface area (Å²) in [6.07, 6.45) is 1.29. The predicted molar refractivity (Wildman–Crippen MR) is 75.7 cm³/mol. The highest BCUT2D eigenvalue weighted by molar-refractivity contribution is 5.77. The Morgan fingerprint density at radius 1 is 1.35 bits per heavy atom. The van der Waals surface area contributed by atoms with E-state index in [1.807, 2.05) is 6.07 Å². The maximum absolute atomic E-state index is 11.3. The summed E-state index contributed by atoms with van der Waals surface area (Å²) < 4.78 is 15.0. The molecular formula is C13H21N3O4. The van der Waals surface area contributed by atoms with Gasteiger partial charge in [-0.3, -0.25) is 4.79 Å². The van der Waals surface area contributed by atoms with Crippen molar-refractivity contribution >= 4 is 17.5 Å². The number of aromatic nitrogens is 1. The Labute approximate surface area is 118 Å². The lowest BCUT2D eigenvalue weighted by molar-refractivity contribution is -0.140. The summed E-state index contributed by atoms with van der Waals surface area (Å²) in [5.74, 6) is 0.310. The van der Waals surface area contributed by atoms with Crippen molar-refractivity contribution in [3.05, 3.63) is 18.3 Å². The summed E-state index contributed by atoms with van der Waals surface area (Å²) in [4.78, 5) is 15.5. The third-order valence-electron chi connectivity index (χ3n) is 2.50. The van der Waals surface area contributed by atoms with Gasteiger partial charge in [0, 0.05) is 20.4 Å². The number of anilines is 2. The van der Waals surface area contributed by atoms with Gasteiger partial charge in [-0.1, -0.05) is 0 Å². The zero-order chi connectivity index (χ0) is 14.8. The number of methoxy groups -OCH3 is 2. The average Bonchev–Trinajstić information content (AvgIpc) is 2.47. The second kappa shape index (κ2) is 9.11. The van der Waals surface area contributed by atoms with Crippen molar-refractivity contribution in [2.24, 2.45) is 0 Å². The Kier molecular flexibility index (Phi) is 7.38. The summed E-state index contributed by atoms with van der Waals surface area (Å²) in [6, 6.07) is 3.60. The minimum Gasteiger partial charge on any atom is -0.465 e. The molecule has 20 heavy (non-hydrogen) atoms. The Hall–Kier alpha value is -1.86. The maximum atomic E-state index is 11.3. The molecule has 112 valence electrons. The molecule has 0 fully saturated rings. The Morgan fingerprint density at radius 3 is 2.75 bits per heavy atom. The first-order chi connectivity index (χ1) is 9.71. The SMILES string of the molecule is CCOC(=O)CNc1cccnc1NCC(OC)OC. The molecule has 2 N–H and O–H groups in total. The van der Waals surface area contributed by atoms with Gasteiger partial charge < -0.3 is 24.8 Å². The van der Waals surface area contributed by atoms with Crippen LogP contribution in [0.4, 0.5) is 11.5 Å². The van der Waals surface area contributed by atoms with Crippen molar-refractivity contribution in [3.8, 4) is 0 Å². The molecule has 0 saturated carbocycles. The Balaban J connectivity index is 2.56. The van der Waals surface area contributed by atoms with Crippen LogP contribution in [0.5, 0.6) is 0 Å². The summed E-state index contributed by atoms with van der Waals surface area (Å²) in [5.41, 5.74) is 0.714. The van der Waals surface area contributed by atoms with Crippen LogP contribution in [0.25, 0.3) is 0 Å². The Morgan fingerprint density at radius 2 is 2.10 bits per heavy atom. The fourth-order valence-electron chi connectivity index (χ4n) is 1.51. The van der Waals surface area contributed by atoms with Crippen LogP contribution in [0.2, 0.25) is 0 Å². The van der Waals surface area contributed by atoms with E-state index in [1.165, 1.54) is 0 Å². The molecule has 0 radical (unpaired) electrons. The minimum atomic E-state index is -0.366. The third-order valence-corrected chi connectivity index (χ3v) is 2.50. The molecule has 0 aromatic carbocycles. The number of carbonyl (C=O) groups is 1. The van der Waals surface area contributed by atoms with Gasteiger partial charge in [-0.2, -0.15) is 0 Å². The lowest BCUT2D eigenvalue weighted by Crippen LogP contribution is -2.25. The monoisotopic (exact) mass is 283 g/mol. The van der Waals surface area contributed by atoms with E-state index in [0.29, 0.717) is 24.7 Å². The molecule has 0 bridgehead atoms. The van der Waals surface area contributed by atoms with Gasteiger partial charge in [0.1, 0.15) is 12.4 Å². The molecule has 0 unspecified atom stereocenters. The van der Waals surface area contributed by atoms with Gasteiger partial charge in [0.05, 0.1) is 18.8 Å². The molecule has 1 rings (SSSR count). The molecule has 1 aromatic rings. The predicted octanol–water partition coefficient (Wildman–Crippen LogP) is 1.09. The lowest BCUT2D eigenvalue weighted by Gasteiger charge is -2.16. The molecule has 1 heterocycles. The number of ether oxygens (including phenoxy) is 3. The average molecular weight is 283 g/mol. The number of carbonyl (C=O) groups excluding carboxylic acids is 1. The molecule has 0 amide bonds. The number of hydrogen-bond acceptors (Lipinski definition) is 7. The topological polar surface area (TPSA) is 81.7 Å². The molecular weight excluding hydrogens is 262 g/mol. The zero-order valence-corrected chi connectivity index (χ0v) is 12.0. The van der Waals surface area contributed by atoms with Crippen LogP contribution in [0.15, 0.2) is 18.3 Å². The minimum absolute atomic E-state index is 0.0895. The van der Waals surface area contributed by atoms with Crippen molar-refractivity contribution in [2.75, 3.05) is 44.5 Å². The number of nitrogens with zero attached hydrogens (tertiary/aromatic N) is 1. The first kappa shape index (κ1) is 16.2. The van der Waals surface area contributed by atoms with E-state index in [1.54, 1.807) is 33.4 Å². The molecule has 0 atom stereocenters. The number of nitrogens with one attached hydrogen (secondary N) is 2. The van der Waals surface area contributed by atoms with Crippen LogP contribution in [0.3, 0.4) is 0 Å². The molecule has 0 aliphatic heterocycles. The van der Waals surface area contributed by atoms with E-state index in [9.17, 15) is 4.79 Å². The van der Waals surface area contributed by atoms with Gasteiger partial charge in [-0.25, -0.2) is 4.98 Å². The van der Waals surface area contributed by atoms with Crippen LogP contribution in [-0.4, -0.2) is 51.2 Å². The highest BCUT2D eigenvalue weighted by Crippen LogP contribution is 2.17. The van der Waals surface area contributed by atoms with Gasteiger partial charge >= 0.3 is 5.97 Å². The molecule has 0 saturated heterocycles. The van der Waals surface area contributed by atoms with Gasteiger partial charge in [-0.15, -0.1) is 0 Å². The first-order valence-electron chi connectivity index (χ1n) is 6.35. The van der Waals surface area contributed by atoms with Crippen molar-refractivity contribution in [2.45, 2.75) is 13.2 Å². The van der Waals surface area contributed by atoms with Gasteiger partial charge in [0.15, 0.2) is 6.29 Å². The normalized spacial score (nSPS) is 10.4. The van der Waals surface area contributed by atoms with Crippen molar-refractivity contribution in [3.63, 3.8) is 0 Å². The first-order valence-corrected chi connectivity index (χ1v) is 6.35. The second-order valence-corrected chi connectivity index (χ2v) is 3.84. The Bertz CT molecular complexity index is 410. The molecule has 0 aliphatic rings. The molecule has 7 nitrogen and oxygen atoms in total. The number of rotatable bonds is 9. The summed E-state index contributed by atoms with van der Waals surface area (Å²) in [7, 11) is 3.13. The van der Waals surface area contributed by atoms with Crippen molar-refractivity contribution < 1.29 is 19.0 Å². The van der Waals surface area contributed by atoms with E-state index >= 15 is 0 Å². The van der Waals surface area contributed by atoms with Crippen LogP contribution in [-0.2, 0) is 19.0 Å². The van der Waals surface area contributed by atoms with Gasteiger partial charge in [-0.05, 0) is 19.1 Å². The third kappa shape index (κ3) is 5.41. The van der Waals surface area contributed by atoms with E-state index in [0.717, 1.165) is 0 Å². The number of hydrogen-bond donors (Lipinski definition) is 2. The fraction of sp³-hybridized carbons (Fsp3) is 0.538. The van der Waals surface area contributed by atoms with E-state index in [2.05, 4.69) is 15.6 Å². The molecule has 1 aromatic heterocycles. The zero-order valence-electron chi connectivity index (χ0n) is 12.0. The van der Waals surface area contributed by atoms with E-state index < -0.39 is 0 Å². The van der Waals surface area contributed by atoms with E-state index in [-0.39, 0.29) is 18.8 Å². The van der Waals surface area contributed by atoms with Crippen LogP contribution in [0, 0.1) is 0 Å². The largest absolute Gasteiger partial charge is 0.465 e. The smallest absolute Gasteiger partial charge is 0.325 e. The van der Waals surface area contributed by atoms with Crippen LogP contribution >= 0.6 is 0 Å². The molecule has 0 aliphatic carbocycles. The van der Waals surface area contributed by atoms with Crippen molar-refractivity contribution in [1.29, 1.82) is 0 Å². The van der Waals surface area contributed by atoms with Crippen LogP contribution < -0.4 is 10.6 Å². The number of esters is 1. The summed E-state index contributed by atoms with van der Waals surface area (Å²) in [5, 5.41) is 6.07. The molecule has 7 heteroatoms. The molecule has 0 spiro atoms. The second-order valence-electron chi connectivity index (χ2n) is 3.84. The van der Waals surface area contributed by atoms with Gasteiger partial charge in [0.25, 0.3) is 0 Å². The lowest BCUT2D eigenvalue weighted by atomic mass is 10.3. The highest BCUT2D eigenvalue weighted by Gasteiger charge is 2.09. The summed E-state index contributed by atoms with van der Waals surface area (Å²) in [6.45, 7) is 2.66. The van der Waals surface area contributed by atoms with E-state index in [4.69, 9.17) is 14.2 Å². The summed E-state index contributed by atoms with van der Waals surface area (Å²) >= 11 is 0. The van der Waals surface area contributed by atoms with Crippen molar-refractivity contribution in [1.82, 2.24) is 4.98 Å².